The molecule has 1 aromatic heterocycles. The van der Waals surface area contributed by atoms with E-state index in [-0.39, 0.29) is 0 Å². The first-order chi connectivity index (χ1) is 9.27. The molecule has 0 saturated heterocycles. The number of hydrogen-bond acceptors (Lipinski definition) is 5. The Kier molecular flexibility index (Phi) is 8.49. The fourth-order valence-corrected chi connectivity index (χ4v) is 1.70. The van der Waals surface area contributed by atoms with Gasteiger partial charge in [-0.25, -0.2) is 0 Å². The Hall–Kier alpha value is -0.880. The second kappa shape index (κ2) is 9.97. The van der Waals surface area contributed by atoms with Crippen LogP contribution in [0.5, 0.6) is 0 Å². The Morgan fingerprint density at radius 1 is 1.16 bits per heavy atom. The molecule has 0 radical (unpaired) electrons. The van der Waals surface area contributed by atoms with Crippen molar-refractivity contribution in [1.29, 1.82) is 0 Å². The molecule has 1 rings (SSSR count). The number of furan rings is 1. The SMILES string of the molecule is CNCc1oc(COCCOCCCOC)cc1C. The molecule has 19 heavy (non-hydrogen) atoms. The maximum absolute atomic E-state index is 5.67. The third kappa shape index (κ3) is 6.73. The number of hydrogen-bond donors (Lipinski definition) is 1. The highest BCUT2D eigenvalue weighted by molar-refractivity contribution is 5.19. The van der Waals surface area contributed by atoms with Gasteiger partial charge in [0.15, 0.2) is 0 Å². The van der Waals surface area contributed by atoms with Crippen molar-refractivity contribution in [2.24, 2.45) is 0 Å². The van der Waals surface area contributed by atoms with Crippen LogP contribution in [0.3, 0.4) is 0 Å². The average molecular weight is 271 g/mol. The summed E-state index contributed by atoms with van der Waals surface area (Å²) in [7, 11) is 3.59. The summed E-state index contributed by atoms with van der Waals surface area (Å²) in [6.45, 7) is 5.91. The van der Waals surface area contributed by atoms with Crippen LogP contribution < -0.4 is 5.32 Å². The molecule has 0 aliphatic carbocycles. The molecule has 5 nitrogen and oxygen atoms in total. The molecule has 0 aromatic carbocycles. The van der Waals surface area contributed by atoms with Crippen LogP contribution in [0.2, 0.25) is 0 Å². The van der Waals surface area contributed by atoms with Crippen molar-refractivity contribution in [3.05, 3.63) is 23.2 Å². The van der Waals surface area contributed by atoms with Gasteiger partial charge in [-0.05, 0) is 32.0 Å². The first-order valence-corrected chi connectivity index (χ1v) is 6.65. The van der Waals surface area contributed by atoms with Crippen LogP contribution in [0.25, 0.3) is 0 Å². The summed E-state index contributed by atoms with van der Waals surface area (Å²) in [6, 6.07) is 2.02. The molecule has 110 valence electrons. The van der Waals surface area contributed by atoms with Gasteiger partial charge < -0.3 is 23.9 Å². The third-order valence-corrected chi connectivity index (χ3v) is 2.66. The van der Waals surface area contributed by atoms with Crippen molar-refractivity contribution >= 4 is 0 Å². The first kappa shape index (κ1) is 16.2. The van der Waals surface area contributed by atoms with Crippen LogP contribution in [0, 0.1) is 6.92 Å². The maximum atomic E-state index is 5.67. The lowest BCUT2D eigenvalue weighted by Gasteiger charge is -2.04. The summed E-state index contributed by atoms with van der Waals surface area (Å²) in [5.74, 6) is 1.83. The number of nitrogens with one attached hydrogen (secondary N) is 1. The Morgan fingerprint density at radius 2 is 1.95 bits per heavy atom. The summed E-state index contributed by atoms with van der Waals surface area (Å²) < 4.78 is 21.5. The maximum Gasteiger partial charge on any atom is 0.130 e. The molecule has 1 aromatic rings. The fraction of sp³-hybridized carbons (Fsp3) is 0.714. The lowest BCUT2D eigenvalue weighted by molar-refractivity contribution is 0.0284. The lowest BCUT2D eigenvalue weighted by Crippen LogP contribution is -2.06. The van der Waals surface area contributed by atoms with Gasteiger partial charge in [-0.2, -0.15) is 0 Å². The highest BCUT2D eigenvalue weighted by Gasteiger charge is 2.06. The molecule has 5 heteroatoms. The molecule has 1 heterocycles. The third-order valence-electron chi connectivity index (χ3n) is 2.66. The number of rotatable bonds is 11. The highest BCUT2D eigenvalue weighted by Crippen LogP contribution is 2.15. The van der Waals surface area contributed by atoms with E-state index in [1.165, 1.54) is 0 Å². The van der Waals surface area contributed by atoms with Crippen molar-refractivity contribution in [1.82, 2.24) is 5.32 Å². The molecule has 0 saturated carbocycles. The molecule has 0 amide bonds. The van der Waals surface area contributed by atoms with Gasteiger partial charge in [-0.15, -0.1) is 0 Å². The molecule has 0 aliphatic rings. The molecule has 0 spiro atoms. The summed E-state index contributed by atoms with van der Waals surface area (Å²) >= 11 is 0. The van der Waals surface area contributed by atoms with E-state index in [0.29, 0.717) is 26.4 Å². The quantitative estimate of drug-likeness (QED) is 0.623. The van der Waals surface area contributed by atoms with Crippen molar-refractivity contribution in [3.8, 4) is 0 Å². The molecule has 0 bridgehead atoms. The molecule has 0 unspecified atom stereocenters. The van der Waals surface area contributed by atoms with E-state index in [0.717, 1.165) is 36.7 Å². The average Bonchev–Trinajstić information content (AvgIpc) is 2.74. The lowest BCUT2D eigenvalue weighted by atomic mass is 10.2. The number of aryl methyl sites for hydroxylation is 1. The van der Waals surface area contributed by atoms with Gasteiger partial charge in [-0.1, -0.05) is 0 Å². The monoisotopic (exact) mass is 271 g/mol. The van der Waals surface area contributed by atoms with Gasteiger partial charge in [0.05, 0.1) is 19.8 Å². The number of ether oxygens (including phenoxy) is 3. The Labute approximate surface area is 115 Å². The van der Waals surface area contributed by atoms with Crippen molar-refractivity contribution in [2.75, 3.05) is 40.6 Å². The summed E-state index contributed by atoms with van der Waals surface area (Å²) in [5.41, 5.74) is 1.16. The largest absolute Gasteiger partial charge is 0.462 e. The predicted octanol–water partition coefficient (Wildman–Crippen LogP) is 1.88. The van der Waals surface area contributed by atoms with E-state index in [1.54, 1.807) is 7.11 Å². The molecule has 0 aliphatic heterocycles. The molecule has 1 N–H and O–H groups in total. The van der Waals surface area contributed by atoms with Crippen molar-refractivity contribution in [2.45, 2.75) is 26.5 Å². The Balaban J connectivity index is 2.07. The van der Waals surface area contributed by atoms with E-state index >= 15 is 0 Å². The summed E-state index contributed by atoms with van der Waals surface area (Å²) in [6.07, 6.45) is 0.918. The van der Waals surface area contributed by atoms with Gasteiger partial charge in [0, 0.05) is 20.3 Å². The van der Waals surface area contributed by atoms with Gasteiger partial charge >= 0.3 is 0 Å². The normalized spacial score (nSPS) is 11.1. The Bertz CT molecular complexity index is 338. The minimum atomic E-state index is 0.492. The zero-order valence-electron chi connectivity index (χ0n) is 12.2. The van der Waals surface area contributed by atoms with E-state index < -0.39 is 0 Å². The van der Waals surface area contributed by atoms with Gasteiger partial charge in [0.1, 0.15) is 18.1 Å². The minimum absolute atomic E-state index is 0.492. The minimum Gasteiger partial charge on any atom is -0.462 e. The zero-order chi connectivity index (χ0) is 13.9. The molecule has 0 atom stereocenters. The molecule has 0 fully saturated rings. The smallest absolute Gasteiger partial charge is 0.130 e. The van der Waals surface area contributed by atoms with Crippen molar-refractivity contribution < 1.29 is 18.6 Å². The van der Waals surface area contributed by atoms with Crippen LogP contribution in [0.15, 0.2) is 10.5 Å². The van der Waals surface area contributed by atoms with Crippen LogP contribution >= 0.6 is 0 Å². The molecular weight excluding hydrogens is 246 g/mol. The van der Waals surface area contributed by atoms with Gasteiger partial charge in [-0.3, -0.25) is 0 Å². The van der Waals surface area contributed by atoms with Crippen LogP contribution in [0.4, 0.5) is 0 Å². The highest BCUT2D eigenvalue weighted by atomic mass is 16.5. The van der Waals surface area contributed by atoms with Crippen LogP contribution in [-0.2, 0) is 27.4 Å². The van der Waals surface area contributed by atoms with Crippen LogP contribution in [0.1, 0.15) is 23.5 Å². The van der Waals surface area contributed by atoms with Crippen molar-refractivity contribution in [3.63, 3.8) is 0 Å². The summed E-state index contributed by atoms with van der Waals surface area (Å²) in [5, 5.41) is 3.07. The van der Waals surface area contributed by atoms with E-state index in [4.69, 9.17) is 18.6 Å². The second-order valence-electron chi connectivity index (χ2n) is 4.36. The van der Waals surface area contributed by atoms with Gasteiger partial charge in [0.2, 0.25) is 0 Å². The van der Waals surface area contributed by atoms with Gasteiger partial charge in [0.25, 0.3) is 0 Å². The molecular formula is C14H25NO4. The topological polar surface area (TPSA) is 52.9 Å². The number of methoxy groups -OCH3 is 1. The van der Waals surface area contributed by atoms with E-state index in [2.05, 4.69) is 5.32 Å². The zero-order valence-corrected chi connectivity index (χ0v) is 12.2. The predicted molar refractivity (Wildman–Crippen MR) is 73.2 cm³/mol. The Morgan fingerprint density at radius 3 is 2.68 bits per heavy atom. The van der Waals surface area contributed by atoms with E-state index in [1.807, 2.05) is 20.0 Å². The van der Waals surface area contributed by atoms with E-state index in [9.17, 15) is 0 Å². The van der Waals surface area contributed by atoms with Crippen LogP contribution in [-0.4, -0.2) is 40.6 Å². The summed E-state index contributed by atoms with van der Waals surface area (Å²) in [4.78, 5) is 0. The second-order valence-corrected chi connectivity index (χ2v) is 4.36. The standard InChI is InChI=1S/C14H25NO4/c1-12-9-13(19-14(12)10-15-2)11-18-8-7-17-6-4-5-16-3/h9,15H,4-8,10-11H2,1-3H3. The first-order valence-electron chi connectivity index (χ1n) is 6.65. The fourth-order valence-electron chi connectivity index (χ4n) is 1.70.